The molecule has 1 aromatic rings. The lowest BCUT2D eigenvalue weighted by atomic mass is 10.1. The van der Waals surface area contributed by atoms with Crippen LogP contribution in [0.25, 0.3) is 0 Å². The second kappa shape index (κ2) is 5.29. The molecule has 0 bridgehead atoms. The van der Waals surface area contributed by atoms with Gasteiger partial charge in [-0.1, -0.05) is 0 Å². The van der Waals surface area contributed by atoms with Gasteiger partial charge in [-0.3, -0.25) is 0 Å². The fraction of sp³-hybridized carbons (Fsp3) is 0.417. The number of anilines is 1. The summed E-state index contributed by atoms with van der Waals surface area (Å²) in [6, 6.07) is 0.517. The van der Waals surface area contributed by atoms with Gasteiger partial charge in [0, 0.05) is 25.2 Å². The van der Waals surface area contributed by atoms with Crippen LogP contribution >= 0.6 is 0 Å². The van der Waals surface area contributed by atoms with Gasteiger partial charge in [0.2, 0.25) is 0 Å². The van der Waals surface area contributed by atoms with E-state index in [-0.39, 0.29) is 0 Å². The molecule has 0 atom stereocenters. The van der Waals surface area contributed by atoms with Crippen LogP contribution in [0.15, 0.2) is 12.1 Å². The Morgan fingerprint density at radius 3 is 2.17 bits per heavy atom. The van der Waals surface area contributed by atoms with Gasteiger partial charge in [0.1, 0.15) is 11.5 Å². The Labute approximate surface area is 103 Å². The van der Waals surface area contributed by atoms with E-state index in [4.69, 9.17) is 0 Å². The zero-order chi connectivity index (χ0) is 13.1. The smallest absolute Gasteiger partial charge is 0.322 e. The molecule has 3 nitrogen and oxygen atoms in total. The average molecular weight is 258 g/mol. The minimum absolute atomic E-state index is 0.537. The quantitative estimate of drug-likeness (QED) is 0.824. The second-order valence-corrected chi connectivity index (χ2v) is 4.22. The number of carbonyl (C=O) groups is 1. The van der Waals surface area contributed by atoms with E-state index in [1.54, 1.807) is 0 Å². The third kappa shape index (κ3) is 2.75. The Kier molecular flexibility index (Phi) is 3.74. The van der Waals surface area contributed by atoms with E-state index in [2.05, 4.69) is 5.32 Å². The number of piperidine rings is 1. The normalized spacial score (nSPS) is 15.6. The molecule has 0 spiro atoms. The number of likely N-dealkylation sites (tertiary alicyclic amines) is 1. The van der Waals surface area contributed by atoms with Crippen molar-refractivity contribution in [2.45, 2.75) is 19.3 Å². The summed E-state index contributed by atoms with van der Waals surface area (Å²) in [5.74, 6) is -3.24. The molecule has 1 aliphatic rings. The molecule has 18 heavy (non-hydrogen) atoms. The maximum Gasteiger partial charge on any atom is 0.322 e. The molecule has 0 saturated carbocycles. The molecule has 1 saturated heterocycles. The van der Waals surface area contributed by atoms with E-state index in [9.17, 15) is 18.0 Å². The molecular weight excluding hydrogens is 245 g/mol. The Morgan fingerprint density at radius 1 is 1.06 bits per heavy atom. The molecular formula is C12H13F3N2O. The number of rotatable bonds is 1. The monoisotopic (exact) mass is 258 g/mol. The van der Waals surface area contributed by atoms with Gasteiger partial charge in [-0.2, -0.15) is 0 Å². The molecule has 2 rings (SSSR count). The summed E-state index contributed by atoms with van der Waals surface area (Å²) in [6.45, 7) is 1.13. The Hall–Kier alpha value is -1.72. The fourth-order valence-corrected chi connectivity index (χ4v) is 1.94. The van der Waals surface area contributed by atoms with Crippen molar-refractivity contribution in [1.29, 1.82) is 0 Å². The van der Waals surface area contributed by atoms with Gasteiger partial charge in [0.25, 0.3) is 0 Å². The van der Waals surface area contributed by atoms with Crippen molar-refractivity contribution in [3.63, 3.8) is 0 Å². The van der Waals surface area contributed by atoms with Crippen LogP contribution < -0.4 is 5.32 Å². The lowest BCUT2D eigenvalue weighted by Gasteiger charge is -2.26. The summed E-state index contributed by atoms with van der Waals surface area (Å²) in [7, 11) is 0. The summed E-state index contributed by atoms with van der Waals surface area (Å²) in [4.78, 5) is 13.2. The Bertz CT molecular complexity index is 436. The van der Waals surface area contributed by atoms with Crippen molar-refractivity contribution in [3.8, 4) is 0 Å². The minimum Gasteiger partial charge on any atom is -0.325 e. The minimum atomic E-state index is -1.11. The molecule has 1 N–H and O–H groups in total. The molecule has 6 heteroatoms. The molecule has 0 radical (unpaired) electrons. The van der Waals surface area contributed by atoms with Gasteiger partial charge in [-0.05, 0) is 19.3 Å². The van der Waals surface area contributed by atoms with Crippen molar-refractivity contribution in [3.05, 3.63) is 29.6 Å². The third-order valence-electron chi connectivity index (χ3n) is 2.88. The molecule has 1 heterocycles. The predicted octanol–water partition coefficient (Wildman–Crippen LogP) is 3.12. The van der Waals surface area contributed by atoms with E-state index in [1.165, 1.54) is 4.90 Å². The standard InChI is InChI=1S/C12H13F3N2O/c13-8-6-9(14)11(10(15)7-8)16-12(18)17-4-2-1-3-5-17/h6-7H,1-5H2,(H,16,18). The van der Waals surface area contributed by atoms with Crippen LogP contribution in [-0.4, -0.2) is 24.0 Å². The number of benzene rings is 1. The highest BCUT2D eigenvalue weighted by Crippen LogP contribution is 2.21. The SMILES string of the molecule is O=C(Nc1c(F)cc(F)cc1F)N1CCCCC1. The van der Waals surface area contributed by atoms with Crippen LogP contribution in [0.1, 0.15) is 19.3 Å². The van der Waals surface area contributed by atoms with Gasteiger partial charge < -0.3 is 10.2 Å². The summed E-state index contributed by atoms with van der Waals surface area (Å²) >= 11 is 0. The van der Waals surface area contributed by atoms with Crippen molar-refractivity contribution < 1.29 is 18.0 Å². The number of hydrogen-bond acceptors (Lipinski definition) is 1. The van der Waals surface area contributed by atoms with Gasteiger partial charge in [0.15, 0.2) is 11.6 Å². The van der Waals surface area contributed by atoms with Crippen LogP contribution in [0.2, 0.25) is 0 Å². The lowest BCUT2D eigenvalue weighted by molar-refractivity contribution is 0.200. The van der Waals surface area contributed by atoms with Gasteiger partial charge in [-0.15, -0.1) is 0 Å². The fourth-order valence-electron chi connectivity index (χ4n) is 1.94. The summed E-state index contributed by atoms with van der Waals surface area (Å²) in [5.41, 5.74) is -0.605. The van der Waals surface area contributed by atoms with Gasteiger partial charge in [0.05, 0.1) is 0 Å². The lowest BCUT2D eigenvalue weighted by Crippen LogP contribution is -2.39. The van der Waals surface area contributed by atoms with Crippen molar-refractivity contribution >= 4 is 11.7 Å². The first kappa shape index (κ1) is 12.7. The largest absolute Gasteiger partial charge is 0.325 e. The van der Waals surface area contributed by atoms with E-state index >= 15 is 0 Å². The van der Waals surface area contributed by atoms with Crippen LogP contribution in [0.3, 0.4) is 0 Å². The van der Waals surface area contributed by atoms with E-state index in [0.717, 1.165) is 19.3 Å². The summed E-state index contributed by atoms with van der Waals surface area (Å²) < 4.78 is 39.3. The molecule has 1 fully saturated rings. The zero-order valence-corrected chi connectivity index (χ0v) is 9.68. The van der Waals surface area contributed by atoms with Crippen molar-refractivity contribution in [1.82, 2.24) is 4.90 Å². The van der Waals surface area contributed by atoms with Crippen molar-refractivity contribution in [2.75, 3.05) is 18.4 Å². The molecule has 2 amide bonds. The topological polar surface area (TPSA) is 32.3 Å². The number of halogens is 3. The van der Waals surface area contributed by atoms with Crippen LogP contribution in [0.5, 0.6) is 0 Å². The summed E-state index contributed by atoms with van der Waals surface area (Å²) in [5, 5.41) is 2.15. The molecule has 0 aliphatic carbocycles. The van der Waals surface area contributed by atoms with E-state index in [1.807, 2.05) is 0 Å². The number of urea groups is 1. The predicted molar refractivity (Wildman–Crippen MR) is 60.8 cm³/mol. The van der Waals surface area contributed by atoms with Crippen molar-refractivity contribution in [2.24, 2.45) is 0 Å². The van der Waals surface area contributed by atoms with Crippen LogP contribution in [0.4, 0.5) is 23.7 Å². The molecule has 0 aromatic heterocycles. The third-order valence-corrected chi connectivity index (χ3v) is 2.88. The average Bonchev–Trinajstić information content (AvgIpc) is 2.34. The first-order valence-electron chi connectivity index (χ1n) is 5.78. The first-order valence-corrected chi connectivity index (χ1v) is 5.78. The Balaban J connectivity index is 2.11. The molecule has 1 aliphatic heterocycles. The van der Waals surface area contributed by atoms with E-state index in [0.29, 0.717) is 25.2 Å². The van der Waals surface area contributed by atoms with Crippen LogP contribution in [0, 0.1) is 17.5 Å². The highest BCUT2D eigenvalue weighted by Gasteiger charge is 2.20. The molecule has 98 valence electrons. The summed E-state index contributed by atoms with van der Waals surface area (Å²) in [6.07, 6.45) is 2.80. The van der Waals surface area contributed by atoms with Gasteiger partial charge >= 0.3 is 6.03 Å². The highest BCUT2D eigenvalue weighted by molar-refractivity contribution is 5.89. The van der Waals surface area contributed by atoms with Crippen LogP contribution in [-0.2, 0) is 0 Å². The maximum atomic E-state index is 13.3. The number of carbonyl (C=O) groups excluding carboxylic acids is 1. The number of amides is 2. The molecule has 1 aromatic carbocycles. The molecule has 0 unspecified atom stereocenters. The second-order valence-electron chi connectivity index (χ2n) is 4.22. The van der Waals surface area contributed by atoms with Gasteiger partial charge in [-0.25, -0.2) is 18.0 Å². The Morgan fingerprint density at radius 2 is 1.61 bits per heavy atom. The van der Waals surface area contributed by atoms with E-state index < -0.39 is 29.2 Å². The number of nitrogens with zero attached hydrogens (tertiary/aromatic N) is 1. The highest BCUT2D eigenvalue weighted by atomic mass is 19.1. The first-order chi connectivity index (χ1) is 8.58. The maximum absolute atomic E-state index is 13.3. The number of nitrogens with one attached hydrogen (secondary N) is 1. The zero-order valence-electron chi connectivity index (χ0n) is 9.68. The number of hydrogen-bond donors (Lipinski definition) is 1.